The molecule has 3 heterocycles. The van der Waals surface area contributed by atoms with Gasteiger partial charge in [0.2, 0.25) is 17.2 Å². The van der Waals surface area contributed by atoms with Crippen molar-refractivity contribution < 1.29 is 9.32 Å². The minimum atomic E-state index is -0.277. The van der Waals surface area contributed by atoms with Crippen LogP contribution in [0.3, 0.4) is 0 Å². The van der Waals surface area contributed by atoms with Crippen molar-refractivity contribution in [2.45, 2.75) is 46.2 Å². The Labute approximate surface area is 220 Å². The third-order valence-corrected chi connectivity index (χ3v) is 6.53. The van der Waals surface area contributed by atoms with E-state index in [1.807, 2.05) is 63.2 Å². The van der Waals surface area contributed by atoms with Crippen LogP contribution in [0.4, 0.5) is 0 Å². The number of rotatable bonds is 8. The van der Waals surface area contributed by atoms with Gasteiger partial charge in [0.15, 0.2) is 0 Å². The lowest BCUT2D eigenvalue weighted by Crippen LogP contribution is -2.35. The van der Waals surface area contributed by atoms with E-state index in [9.17, 15) is 9.59 Å². The van der Waals surface area contributed by atoms with E-state index in [1.165, 1.54) is 5.56 Å². The third-order valence-electron chi connectivity index (χ3n) is 6.53. The average Bonchev–Trinajstić information content (AvgIpc) is 3.39. The maximum absolute atomic E-state index is 13.4. The van der Waals surface area contributed by atoms with Gasteiger partial charge < -0.3 is 14.4 Å². The molecule has 0 bridgehead atoms. The van der Waals surface area contributed by atoms with Crippen LogP contribution in [-0.2, 0) is 17.8 Å². The lowest BCUT2D eigenvalue weighted by Gasteiger charge is -2.16. The van der Waals surface area contributed by atoms with Crippen molar-refractivity contribution >= 4 is 16.9 Å². The number of hydrogen-bond donors (Lipinski definition) is 1. The van der Waals surface area contributed by atoms with Crippen LogP contribution in [0.2, 0.25) is 0 Å². The van der Waals surface area contributed by atoms with E-state index in [1.54, 1.807) is 22.9 Å². The van der Waals surface area contributed by atoms with E-state index in [2.05, 4.69) is 32.6 Å². The van der Waals surface area contributed by atoms with E-state index in [-0.39, 0.29) is 35.4 Å². The molecule has 0 spiro atoms. The van der Waals surface area contributed by atoms with Gasteiger partial charge in [0, 0.05) is 23.5 Å². The normalized spacial score (nSPS) is 12.0. The van der Waals surface area contributed by atoms with Crippen LogP contribution >= 0.6 is 0 Å². The van der Waals surface area contributed by atoms with Crippen molar-refractivity contribution in [1.29, 1.82) is 0 Å². The van der Waals surface area contributed by atoms with E-state index >= 15 is 0 Å². The smallest absolute Gasteiger partial charge is 0.263 e. The van der Waals surface area contributed by atoms with Crippen molar-refractivity contribution in [2.24, 2.45) is 0 Å². The van der Waals surface area contributed by atoms with Crippen molar-refractivity contribution in [2.75, 3.05) is 0 Å². The molecule has 1 unspecified atom stereocenters. The van der Waals surface area contributed by atoms with Gasteiger partial charge in [-0.1, -0.05) is 59.8 Å². The van der Waals surface area contributed by atoms with Gasteiger partial charge >= 0.3 is 0 Å². The number of amides is 1. The molecule has 0 aliphatic rings. The fourth-order valence-electron chi connectivity index (χ4n) is 4.47. The lowest BCUT2D eigenvalue weighted by atomic mass is 10.1. The van der Waals surface area contributed by atoms with Crippen molar-refractivity contribution in [3.63, 3.8) is 0 Å². The molecule has 3 aromatic heterocycles. The number of aromatic nitrogens is 4. The Bertz CT molecular complexity index is 1660. The second-order valence-corrected chi connectivity index (χ2v) is 9.55. The minimum absolute atomic E-state index is 0.00526. The summed E-state index contributed by atoms with van der Waals surface area (Å²) in [7, 11) is 0. The molecule has 1 amide bonds. The number of fused-ring (bicyclic) bond motifs is 1. The number of nitrogens with zero attached hydrogens (tertiary/aromatic N) is 4. The summed E-state index contributed by atoms with van der Waals surface area (Å²) in [4.78, 5) is 35.5. The fourth-order valence-corrected chi connectivity index (χ4v) is 4.47. The molecule has 5 aromatic rings. The van der Waals surface area contributed by atoms with Gasteiger partial charge in [0.05, 0.1) is 5.39 Å². The molecule has 5 rings (SSSR count). The van der Waals surface area contributed by atoms with Crippen LogP contribution in [0.15, 0.2) is 82.2 Å². The van der Waals surface area contributed by atoms with Crippen LogP contribution in [0, 0.1) is 13.8 Å². The summed E-state index contributed by atoms with van der Waals surface area (Å²) >= 11 is 0. The first-order valence-corrected chi connectivity index (χ1v) is 12.6. The zero-order chi connectivity index (χ0) is 26.6. The predicted molar refractivity (Wildman–Crippen MR) is 147 cm³/mol. The maximum Gasteiger partial charge on any atom is 0.263 e. The van der Waals surface area contributed by atoms with Gasteiger partial charge in [-0.15, -0.1) is 0 Å². The molecule has 0 saturated carbocycles. The van der Waals surface area contributed by atoms with Gasteiger partial charge in [0.1, 0.15) is 17.8 Å². The minimum Gasteiger partial charge on any atom is -0.352 e. The highest BCUT2D eigenvalue weighted by atomic mass is 16.5. The lowest BCUT2D eigenvalue weighted by molar-refractivity contribution is -0.122. The Morgan fingerprint density at radius 2 is 1.74 bits per heavy atom. The van der Waals surface area contributed by atoms with Crippen LogP contribution < -0.4 is 10.7 Å². The highest BCUT2D eigenvalue weighted by Crippen LogP contribution is 2.24. The maximum atomic E-state index is 13.4. The third kappa shape index (κ3) is 5.39. The molecule has 1 N–H and O–H groups in total. The van der Waals surface area contributed by atoms with Gasteiger partial charge in [-0.25, -0.2) is 4.98 Å². The van der Waals surface area contributed by atoms with Crippen molar-refractivity contribution in [1.82, 2.24) is 25.0 Å². The first kappa shape index (κ1) is 25.1. The van der Waals surface area contributed by atoms with Crippen LogP contribution in [0.5, 0.6) is 0 Å². The number of benzene rings is 2. The number of carbonyl (C=O) groups excluding carboxylic acids is 1. The van der Waals surface area contributed by atoms with Crippen LogP contribution in [0.1, 0.15) is 30.2 Å². The Kier molecular flexibility index (Phi) is 7.13. The SMILES string of the molecule is Cc1ccc2c(=O)c(-c3nc(-c4ccccc4C)no3)cn(CC(=O)NC(C)CCc3ccccc3)c2n1. The molecular weight excluding hydrogens is 478 g/mol. The summed E-state index contributed by atoms with van der Waals surface area (Å²) in [6.45, 7) is 5.79. The first-order valence-electron chi connectivity index (χ1n) is 12.6. The van der Waals surface area contributed by atoms with Crippen molar-refractivity contribution in [3.05, 3.63) is 100.0 Å². The zero-order valence-electron chi connectivity index (χ0n) is 21.6. The second kappa shape index (κ2) is 10.8. The molecule has 192 valence electrons. The zero-order valence-corrected chi connectivity index (χ0v) is 21.6. The van der Waals surface area contributed by atoms with E-state index in [0.717, 1.165) is 29.7 Å². The molecule has 0 aliphatic heterocycles. The molecule has 38 heavy (non-hydrogen) atoms. The molecule has 0 aliphatic carbocycles. The fraction of sp³-hybridized carbons (Fsp3) is 0.233. The molecule has 0 radical (unpaired) electrons. The van der Waals surface area contributed by atoms with E-state index < -0.39 is 0 Å². The van der Waals surface area contributed by atoms with Gasteiger partial charge in [-0.05, 0) is 56.9 Å². The average molecular weight is 508 g/mol. The summed E-state index contributed by atoms with van der Waals surface area (Å²) in [6.07, 6.45) is 3.27. The van der Waals surface area contributed by atoms with E-state index in [4.69, 9.17) is 4.52 Å². The standard InChI is InChI=1S/C30H29N5O3/c1-19-9-7-8-12-23(19)28-33-30(38-34-28)25-17-35(29-24(27(25)37)16-14-21(3)32-29)18-26(36)31-20(2)13-15-22-10-5-4-6-11-22/h4-12,14,16-17,20H,13,15,18H2,1-3H3,(H,31,36). The van der Waals surface area contributed by atoms with Gasteiger partial charge in [-0.3, -0.25) is 9.59 Å². The molecule has 8 nitrogen and oxygen atoms in total. The van der Waals surface area contributed by atoms with E-state index in [0.29, 0.717) is 16.9 Å². The number of aryl methyl sites for hydroxylation is 3. The van der Waals surface area contributed by atoms with Crippen LogP contribution in [-0.4, -0.2) is 31.6 Å². The van der Waals surface area contributed by atoms with Crippen LogP contribution in [0.25, 0.3) is 33.9 Å². The second-order valence-electron chi connectivity index (χ2n) is 9.55. The topological polar surface area (TPSA) is 103 Å². The highest BCUT2D eigenvalue weighted by molar-refractivity contribution is 5.83. The Morgan fingerprint density at radius 3 is 2.53 bits per heavy atom. The summed E-state index contributed by atoms with van der Waals surface area (Å²) in [6, 6.07) is 21.4. The van der Waals surface area contributed by atoms with Gasteiger partial charge in [-0.2, -0.15) is 4.98 Å². The summed E-state index contributed by atoms with van der Waals surface area (Å²) in [5.41, 5.74) is 4.17. The summed E-state index contributed by atoms with van der Waals surface area (Å²) < 4.78 is 7.19. The molecule has 0 fully saturated rings. The molecule has 0 saturated heterocycles. The largest absolute Gasteiger partial charge is 0.352 e. The Hall–Kier alpha value is -4.59. The Morgan fingerprint density at radius 1 is 0.974 bits per heavy atom. The number of hydrogen-bond acceptors (Lipinski definition) is 6. The first-order chi connectivity index (χ1) is 18.4. The number of pyridine rings is 2. The summed E-state index contributed by atoms with van der Waals surface area (Å²) in [5, 5.41) is 7.55. The molecule has 1 atom stereocenters. The number of carbonyl (C=O) groups is 1. The highest BCUT2D eigenvalue weighted by Gasteiger charge is 2.20. The molecular formula is C30H29N5O3. The number of nitrogens with one attached hydrogen (secondary N) is 1. The molecule has 8 heteroatoms. The summed E-state index contributed by atoms with van der Waals surface area (Å²) in [5.74, 6) is 0.327. The van der Waals surface area contributed by atoms with Gasteiger partial charge in [0.25, 0.3) is 5.89 Å². The quantitative estimate of drug-likeness (QED) is 0.322. The molecule has 2 aromatic carbocycles. The predicted octanol–water partition coefficient (Wildman–Crippen LogP) is 4.87. The van der Waals surface area contributed by atoms with Crippen molar-refractivity contribution in [3.8, 4) is 22.8 Å². The monoisotopic (exact) mass is 507 g/mol. The Balaban J connectivity index is 1.43.